The van der Waals surface area contributed by atoms with Crippen molar-refractivity contribution in [3.8, 4) is 0 Å². The number of nitrogens with one attached hydrogen (secondary N) is 2. The Morgan fingerprint density at radius 1 is 1.16 bits per heavy atom. The first kappa shape index (κ1) is 22.2. The molecule has 2 N–H and O–H groups in total. The van der Waals surface area contributed by atoms with Gasteiger partial charge in [0, 0.05) is 16.6 Å². The van der Waals surface area contributed by atoms with E-state index in [9.17, 15) is 18.4 Å². The Morgan fingerprint density at radius 3 is 2.66 bits per heavy atom. The Kier molecular flexibility index (Phi) is 6.12. The third kappa shape index (κ3) is 4.44. The summed E-state index contributed by atoms with van der Waals surface area (Å²) in [5.41, 5.74) is 2.95. The molecular weight excluding hydrogens is 452 g/mol. The van der Waals surface area contributed by atoms with E-state index in [1.54, 1.807) is 6.92 Å². The summed E-state index contributed by atoms with van der Waals surface area (Å²) < 4.78 is 26.9. The molecule has 4 rings (SSSR count). The summed E-state index contributed by atoms with van der Waals surface area (Å²) in [5, 5.41) is 3.27. The third-order valence-electron chi connectivity index (χ3n) is 4.94. The van der Waals surface area contributed by atoms with Crippen molar-refractivity contribution < 1.29 is 13.6 Å². The highest BCUT2D eigenvalue weighted by molar-refractivity contribution is 7.98. The van der Waals surface area contributed by atoms with Crippen molar-refractivity contribution in [2.75, 3.05) is 5.32 Å². The molecule has 0 saturated carbocycles. The van der Waals surface area contributed by atoms with E-state index in [-0.39, 0.29) is 22.1 Å². The number of thiophene rings is 1. The van der Waals surface area contributed by atoms with Crippen molar-refractivity contribution in [1.29, 1.82) is 0 Å². The SMILES string of the molecule is Cc1ccc(NC(=O)c2sc3nc(CSc4ccc(F)cc4F)[nH]c(=O)c3c2C)c(C)c1. The standard InChI is InChI=1S/C23H19F2N3O2S2/c1-11-4-6-16(12(2)8-11)26-22(30)20-13(3)19-21(29)27-18(28-23(19)32-20)10-31-17-7-5-14(24)9-15(17)25/h4-9H,10H2,1-3H3,(H,26,30)(H,27,28,29). The van der Waals surface area contributed by atoms with Crippen molar-refractivity contribution >= 4 is 44.9 Å². The van der Waals surface area contributed by atoms with E-state index in [1.807, 2.05) is 32.0 Å². The number of carbonyl (C=O) groups excluding carboxylic acids is 1. The Labute approximate surface area is 190 Å². The Balaban J connectivity index is 1.60. The molecule has 5 nitrogen and oxygen atoms in total. The fourth-order valence-corrected chi connectivity index (χ4v) is 5.23. The van der Waals surface area contributed by atoms with Crippen LogP contribution in [0.25, 0.3) is 10.2 Å². The van der Waals surface area contributed by atoms with E-state index in [0.717, 1.165) is 40.3 Å². The van der Waals surface area contributed by atoms with Crippen LogP contribution in [0.4, 0.5) is 14.5 Å². The summed E-state index contributed by atoms with van der Waals surface area (Å²) >= 11 is 2.24. The lowest BCUT2D eigenvalue weighted by Crippen LogP contribution is -2.13. The minimum absolute atomic E-state index is 0.189. The van der Waals surface area contributed by atoms with Gasteiger partial charge >= 0.3 is 0 Å². The first-order valence-electron chi connectivity index (χ1n) is 9.71. The summed E-state index contributed by atoms with van der Waals surface area (Å²) in [7, 11) is 0. The number of amides is 1. The van der Waals surface area contributed by atoms with Crippen molar-refractivity contribution in [3.63, 3.8) is 0 Å². The van der Waals surface area contributed by atoms with Crippen molar-refractivity contribution in [2.45, 2.75) is 31.4 Å². The zero-order valence-electron chi connectivity index (χ0n) is 17.5. The number of rotatable bonds is 5. The molecule has 0 aliphatic rings. The molecule has 9 heteroatoms. The number of hydrogen-bond donors (Lipinski definition) is 2. The van der Waals surface area contributed by atoms with Crippen molar-refractivity contribution in [1.82, 2.24) is 9.97 Å². The number of fused-ring (bicyclic) bond motifs is 1. The van der Waals surface area contributed by atoms with Gasteiger partial charge in [0.05, 0.1) is 16.0 Å². The fourth-order valence-electron chi connectivity index (χ4n) is 3.34. The molecule has 0 fully saturated rings. The second-order valence-electron chi connectivity index (χ2n) is 7.38. The summed E-state index contributed by atoms with van der Waals surface area (Å²) in [6, 6.07) is 9.07. The number of thioether (sulfide) groups is 1. The topological polar surface area (TPSA) is 74.8 Å². The molecule has 2 aromatic heterocycles. The monoisotopic (exact) mass is 471 g/mol. The number of benzene rings is 2. The summed E-state index contributed by atoms with van der Waals surface area (Å²) in [6.07, 6.45) is 0. The minimum Gasteiger partial charge on any atom is -0.321 e. The van der Waals surface area contributed by atoms with E-state index >= 15 is 0 Å². The molecule has 164 valence electrons. The predicted molar refractivity (Wildman–Crippen MR) is 125 cm³/mol. The van der Waals surface area contributed by atoms with Gasteiger partial charge in [0.15, 0.2) is 0 Å². The molecular formula is C23H19F2N3O2S2. The first-order chi connectivity index (χ1) is 15.2. The van der Waals surface area contributed by atoms with Crippen LogP contribution in [-0.2, 0) is 5.75 Å². The largest absolute Gasteiger partial charge is 0.321 e. The lowest BCUT2D eigenvalue weighted by molar-refractivity contribution is 0.103. The number of aromatic nitrogens is 2. The van der Waals surface area contributed by atoms with E-state index in [4.69, 9.17) is 0 Å². The second kappa shape index (κ2) is 8.84. The van der Waals surface area contributed by atoms with Gasteiger partial charge in [0.25, 0.3) is 11.5 Å². The molecule has 2 aromatic carbocycles. The van der Waals surface area contributed by atoms with Crippen molar-refractivity contribution in [2.24, 2.45) is 0 Å². The van der Waals surface area contributed by atoms with Gasteiger partial charge in [0.1, 0.15) is 22.3 Å². The van der Waals surface area contributed by atoms with E-state index in [0.29, 0.717) is 32.2 Å². The van der Waals surface area contributed by atoms with Crippen LogP contribution in [0.2, 0.25) is 0 Å². The van der Waals surface area contributed by atoms with Crippen LogP contribution < -0.4 is 10.9 Å². The highest BCUT2D eigenvalue weighted by Crippen LogP contribution is 2.30. The Hall–Kier alpha value is -3.04. The zero-order chi connectivity index (χ0) is 23.0. The smallest absolute Gasteiger partial charge is 0.266 e. The van der Waals surface area contributed by atoms with Gasteiger partial charge < -0.3 is 10.3 Å². The van der Waals surface area contributed by atoms with Crippen LogP contribution in [0.3, 0.4) is 0 Å². The van der Waals surface area contributed by atoms with Gasteiger partial charge in [-0.1, -0.05) is 17.7 Å². The lowest BCUT2D eigenvalue weighted by atomic mass is 10.1. The molecule has 0 aliphatic heterocycles. The van der Waals surface area contributed by atoms with Gasteiger partial charge in [-0.15, -0.1) is 23.1 Å². The Bertz CT molecular complexity index is 1410. The van der Waals surface area contributed by atoms with Gasteiger partial charge in [-0.3, -0.25) is 9.59 Å². The maximum absolute atomic E-state index is 13.9. The highest BCUT2D eigenvalue weighted by atomic mass is 32.2. The molecule has 32 heavy (non-hydrogen) atoms. The lowest BCUT2D eigenvalue weighted by Gasteiger charge is -2.08. The predicted octanol–water partition coefficient (Wildman–Crippen LogP) is 5.73. The normalized spacial score (nSPS) is 11.2. The van der Waals surface area contributed by atoms with Gasteiger partial charge in [0.2, 0.25) is 0 Å². The summed E-state index contributed by atoms with van der Waals surface area (Å²) in [5.74, 6) is -1.09. The number of H-pyrrole nitrogens is 1. The molecule has 0 radical (unpaired) electrons. The molecule has 4 aromatic rings. The molecule has 1 amide bonds. The number of halogens is 2. The third-order valence-corrected chi connectivity index (χ3v) is 7.19. The van der Waals surface area contributed by atoms with E-state index in [2.05, 4.69) is 15.3 Å². The van der Waals surface area contributed by atoms with Gasteiger partial charge in [-0.2, -0.15) is 0 Å². The maximum Gasteiger partial charge on any atom is 0.266 e. The summed E-state index contributed by atoms with van der Waals surface area (Å²) in [6.45, 7) is 5.61. The van der Waals surface area contributed by atoms with Crippen LogP contribution in [0.5, 0.6) is 0 Å². The highest BCUT2D eigenvalue weighted by Gasteiger charge is 2.20. The number of hydrogen-bond acceptors (Lipinski definition) is 5. The van der Waals surface area contributed by atoms with E-state index in [1.165, 1.54) is 12.1 Å². The Morgan fingerprint density at radius 2 is 1.94 bits per heavy atom. The number of aryl methyl sites for hydroxylation is 3. The first-order valence-corrected chi connectivity index (χ1v) is 11.5. The average Bonchev–Trinajstić information content (AvgIpc) is 3.06. The van der Waals surface area contributed by atoms with Gasteiger partial charge in [-0.05, 0) is 50.1 Å². The minimum atomic E-state index is -0.671. The second-order valence-corrected chi connectivity index (χ2v) is 9.40. The van der Waals surface area contributed by atoms with E-state index < -0.39 is 11.6 Å². The molecule has 0 bridgehead atoms. The van der Waals surface area contributed by atoms with Crippen LogP contribution in [0.1, 0.15) is 32.2 Å². The maximum atomic E-state index is 13.9. The van der Waals surface area contributed by atoms with Crippen LogP contribution in [0.15, 0.2) is 46.1 Å². The van der Waals surface area contributed by atoms with Crippen LogP contribution in [-0.4, -0.2) is 15.9 Å². The number of anilines is 1. The number of carbonyl (C=O) groups is 1. The molecule has 0 atom stereocenters. The molecule has 0 saturated heterocycles. The average molecular weight is 472 g/mol. The van der Waals surface area contributed by atoms with Crippen LogP contribution in [0, 0.1) is 32.4 Å². The molecule has 0 aliphatic carbocycles. The molecule has 0 unspecified atom stereocenters. The summed E-state index contributed by atoms with van der Waals surface area (Å²) in [4.78, 5) is 33.8. The quantitative estimate of drug-likeness (QED) is 0.365. The van der Waals surface area contributed by atoms with Crippen LogP contribution >= 0.6 is 23.1 Å². The van der Waals surface area contributed by atoms with Gasteiger partial charge in [-0.25, -0.2) is 13.8 Å². The number of aromatic amines is 1. The fraction of sp³-hybridized carbons (Fsp3) is 0.174. The molecule has 0 spiro atoms. The number of nitrogens with zero attached hydrogens (tertiary/aromatic N) is 1. The van der Waals surface area contributed by atoms with Crippen molar-refractivity contribution in [3.05, 3.63) is 85.8 Å². The molecule has 2 heterocycles. The zero-order valence-corrected chi connectivity index (χ0v) is 19.1.